The molecule has 0 fully saturated rings. The summed E-state index contributed by atoms with van der Waals surface area (Å²) in [6, 6.07) is 13.7. The Labute approximate surface area is 120 Å². The Kier molecular flexibility index (Phi) is 3.12. The highest BCUT2D eigenvalue weighted by Crippen LogP contribution is 2.13. The first kappa shape index (κ1) is 12.9. The lowest BCUT2D eigenvalue weighted by Crippen LogP contribution is -2.14. The van der Waals surface area contributed by atoms with Crippen LogP contribution in [0.1, 0.15) is 21.0 Å². The van der Waals surface area contributed by atoms with Gasteiger partial charge < -0.3 is 16.0 Å². The third-order valence-electron chi connectivity index (χ3n) is 3.03. The number of nitrogens with zero attached hydrogens (tertiary/aromatic N) is 1. The number of nitrogens with two attached hydrogens (primary N) is 1. The van der Waals surface area contributed by atoms with Crippen LogP contribution in [-0.2, 0) is 0 Å². The van der Waals surface area contributed by atoms with E-state index in [1.165, 1.54) is 0 Å². The van der Waals surface area contributed by atoms with Crippen molar-refractivity contribution in [1.29, 1.82) is 0 Å². The summed E-state index contributed by atoms with van der Waals surface area (Å²) in [5.74, 6) is -0.627. The van der Waals surface area contributed by atoms with Crippen LogP contribution in [-0.4, -0.2) is 21.8 Å². The molecule has 1 heterocycles. The standard InChI is InChI=1S/C15H12N4O2/c16-13(20)9-5-7-10(8-6-9)17-15(21)14-18-11-3-1-2-4-12(11)19-14/h1-8H,(H2,16,20)(H,17,21)(H,18,19). The van der Waals surface area contributed by atoms with Crippen molar-refractivity contribution in [3.63, 3.8) is 0 Å². The summed E-state index contributed by atoms with van der Waals surface area (Å²) in [7, 11) is 0. The maximum atomic E-state index is 12.1. The zero-order valence-corrected chi connectivity index (χ0v) is 11.0. The Morgan fingerprint density at radius 1 is 1.05 bits per heavy atom. The molecule has 3 aromatic rings. The molecule has 4 N–H and O–H groups in total. The third kappa shape index (κ3) is 2.59. The molecule has 6 nitrogen and oxygen atoms in total. The number of hydrogen-bond donors (Lipinski definition) is 3. The highest BCUT2D eigenvalue weighted by molar-refractivity contribution is 6.03. The molecule has 0 saturated heterocycles. The van der Waals surface area contributed by atoms with Gasteiger partial charge in [-0.25, -0.2) is 4.98 Å². The van der Waals surface area contributed by atoms with Crippen molar-refractivity contribution in [2.45, 2.75) is 0 Å². The number of primary amides is 1. The molecule has 0 spiro atoms. The molecule has 0 radical (unpaired) electrons. The summed E-state index contributed by atoms with van der Waals surface area (Å²) in [5, 5.41) is 2.70. The number of aromatic nitrogens is 2. The van der Waals surface area contributed by atoms with Crippen molar-refractivity contribution in [1.82, 2.24) is 9.97 Å². The van der Waals surface area contributed by atoms with Gasteiger partial charge in [0.25, 0.3) is 5.91 Å². The lowest BCUT2D eigenvalue weighted by atomic mass is 10.2. The zero-order chi connectivity index (χ0) is 14.8. The Morgan fingerprint density at radius 2 is 1.76 bits per heavy atom. The zero-order valence-electron chi connectivity index (χ0n) is 11.0. The minimum Gasteiger partial charge on any atom is -0.366 e. The number of aromatic amines is 1. The van der Waals surface area contributed by atoms with Crippen molar-refractivity contribution in [2.24, 2.45) is 5.73 Å². The van der Waals surface area contributed by atoms with Gasteiger partial charge in [-0.15, -0.1) is 0 Å². The van der Waals surface area contributed by atoms with Gasteiger partial charge in [-0.3, -0.25) is 9.59 Å². The van der Waals surface area contributed by atoms with Crippen LogP contribution < -0.4 is 11.1 Å². The van der Waals surface area contributed by atoms with Crippen LogP contribution >= 0.6 is 0 Å². The van der Waals surface area contributed by atoms with E-state index in [1.54, 1.807) is 24.3 Å². The number of hydrogen-bond acceptors (Lipinski definition) is 3. The topological polar surface area (TPSA) is 101 Å². The molecule has 0 saturated carbocycles. The van der Waals surface area contributed by atoms with Crippen LogP contribution in [0.15, 0.2) is 48.5 Å². The molecule has 0 unspecified atom stereocenters. The minimum atomic E-state index is -0.509. The molecule has 2 amide bonds. The quantitative estimate of drug-likeness (QED) is 0.683. The molecule has 21 heavy (non-hydrogen) atoms. The molecule has 3 rings (SSSR count). The molecule has 104 valence electrons. The van der Waals surface area contributed by atoms with E-state index in [0.29, 0.717) is 11.3 Å². The molecule has 6 heteroatoms. The van der Waals surface area contributed by atoms with E-state index in [0.717, 1.165) is 11.0 Å². The number of nitrogens with one attached hydrogen (secondary N) is 2. The van der Waals surface area contributed by atoms with E-state index in [4.69, 9.17) is 5.73 Å². The van der Waals surface area contributed by atoms with Gasteiger partial charge in [0, 0.05) is 11.3 Å². The molecule has 0 aliphatic rings. The van der Waals surface area contributed by atoms with E-state index in [9.17, 15) is 9.59 Å². The number of benzene rings is 2. The van der Waals surface area contributed by atoms with Crippen molar-refractivity contribution < 1.29 is 9.59 Å². The average Bonchev–Trinajstić information content (AvgIpc) is 2.92. The normalized spacial score (nSPS) is 10.5. The average molecular weight is 280 g/mol. The van der Waals surface area contributed by atoms with E-state index in [1.807, 2.05) is 24.3 Å². The van der Waals surface area contributed by atoms with E-state index in [-0.39, 0.29) is 11.7 Å². The van der Waals surface area contributed by atoms with Crippen LogP contribution in [0.2, 0.25) is 0 Å². The lowest BCUT2D eigenvalue weighted by molar-refractivity contribution is 0.0997. The smallest absolute Gasteiger partial charge is 0.291 e. The van der Waals surface area contributed by atoms with Crippen LogP contribution in [0.4, 0.5) is 5.69 Å². The second-order valence-electron chi connectivity index (χ2n) is 4.50. The van der Waals surface area contributed by atoms with Crippen LogP contribution in [0.25, 0.3) is 11.0 Å². The first-order chi connectivity index (χ1) is 10.1. The van der Waals surface area contributed by atoms with Gasteiger partial charge in [0.15, 0.2) is 5.82 Å². The van der Waals surface area contributed by atoms with Crippen molar-refractivity contribution >= 4 is 28.5 Å². The number of para-hydroxylation sites is 2. The number of anilines is 1. The van der Waals surface area contributed by atoms with E-state index in [2.05, 4.69) is 15.3 Å². The van der Waals surface area contributed by atoms with Gasteiger partial charge in [-0.2, -0.15) is 0 Å². The van der Waals surface area contributed by atoms with E-state index >= 15 is 0 Å². The summed E-state index contributed by atoms with van der Waals surface area (Å²) in [6.07, 6.45) is 0. The molecule has 0 bridgehead atoms. The molecule has 0 atom stereocenters. The summed E-state index contributed by atoms with van der Waals surface area (Å²) in [4.78, 5) is 30.2. The second-order valence-corrected chi connectivity index (χ2v) is 4.50. The van der Waals surface area contributed by atoms with Crippen LogP contribution in [0.3, 0.4) is 0 Å². The number of rotatable bonds is 3. The minimum absolute atomic E-state index is 0.232. The van der Waals surface area contributed by atoms with Gasteiger partial charge in [-0.05, 0) is 36.4 Å². The number of carbonyl (C=O) groups is 2. The molecule has 2 aromatic carbocycles. The summed E-state index contributed by atoms with van der Waals surface area (Å²) >= 11 is 0. The first-order valence-electron chi connectivity index (χ1n) is 6.29. The Bertz CT molecular complexity index is 788. The van der Waals surface area contributed by atoms with Gasteiger partial charge in [0.1, 0.15) is 0 Å². The summed E-state index contributed by atoms with van der Waals surface area (Å²) < 4.78 is 0. The highest BCUT2D eigenvalue weighted by Gasteiger charge is 2.11. The maximum Gasteiger partial charge on any atom is 0.291 e. The Hall–Kier alpha value is -3.15. The SMILES string of the molecule is NC(=O)c1ccc(NC(=O)c2nc3ccccc3[nH]2)cc1. The van der Waals surface area contributed by atoms with E-state index < -0.39 is 5.91 Å². The summed E-state index contributed by atoms with van der Waals surface area (Å²) in [5.41, 5.74) is 7.63. The van der Waals surface area contributed by atoms with Crippen LogP contribution in [0.5, 0.6) is 0 Å². The van der Waals surface area contributed by atoms with Crippen molar-refractivity contribution in [3.8, 4) is 0 Å². The molecule has 1 aromatic heterocycles. The number of fused-ring (bicyclic) bond motifs is 1. The van der Waals surface area contributed by atoms with Gasteiger partial charge in [0.2, 0.25) is 5.91 Å². The fraction of sp³-hybridized carbons (Fsp3) is 0. The van der Waals surface area contributed by atoms with Crippen molar-refractivity contribution in [3.05, 3.63) is 59.9 Å². The largest absolute Gasteiger partial charge is 0.366 e. The fourth-order valence-electron chi connectivity index (χ4n) is 1.97. The Morgan fingerprint density at radius 3 is 2.43 bits per heavy atom. The Balaban J connectivity index is 1.80. The first-order valence-corrected chi connectivity index (χ1v) is 6.29. The van der Waals surface area contributed by atoms with Crippen LogP contribution in [0, 0.1) is 0 Å². The number of carbonyl (C=O) groups excluding carboxylic acids is 2. The number of H-pyrrole nitrogens is 1. The van der Waals surface area contributed by atoms with Crippen molar-refractivity contribution in [2.75, 3.05) is 5.32 Å². The second kappa shape index (κ2) is 5.09. The maximum absolute atomic E-state index is 12.1. The fourth-order valence-corrected chi connectivity index (χ4v) is 1.97. The number of amides is 2. The predicted molar refractivity (Wildman–Crippen MR) is 79.0 cm³/mol. The highest BCUT2D eigenvalue weighted by atomic mass is 16.2. The molecule has 0 aliphatic carbocycles. The summed E-state index contributed by atoms with van der Waals surface area (Å²) in [6.45, 7) is 0. The van der Waals surface area contributed by atoms with Gasteiger partial charge in [0.05, 0.1) is 11.0 Å². The monoisotopic (exact) mass is 280 g/mol. The lowest BCUT2D eigenvalue weighted by Gasteiger charge is -2.03. The van der Waals surface area contributed by atoms with Gasteiger partial charge >= 0.3 is 0 Å². The predicted octanol–water partition coefficient (Wildman–Crippen LogP) is 1.91. The van der Waals surface area contributed by atoms with Gasteiger partial charge in [-0.1, -0.05) is 12.1 Å². The third-order valence-corrected chi connectivity index (χ3v) is 3.03. The molecular weight excluding hydrogens is 268 g/mol. The molecular formula is C15H12N4O2. The molecule has 0 aliphatic heterocycles. The number of imidazole rings is 1.